The molecule has 6 heteroatoms. The number of fused-ring (bicyclic) bond motifs is 1. The topological polar surface area (TPSA) is 72.5 Å². The molecule has 18 heavy (non-hydrogen) atoms. The van der Waals surface area contributed by atoms with Gasteiger partial charge in [0, 0.05) is 0 Å². The number of hydrogen-bond donors (Lipinski definition) is 1. The van der Waals surface area contributed by atoms with Crippen LogP contribution in [0.25, 0.3) is 0 Å². The van der Waals surface area contributed by atoms with Crippen LogP contribution in [0.4, 0.5) is 0 Å². The zero-order valence-corrected chi connectivity index (χ0v) is 11.0. The molecule has 2 rings (SSSR count). The Balaban J connectivity index is 2.21. The van der Waals surface area contributed by atoms with Crippen LogP contribution in [0.5, 0.6) is 0 Å². The second-order valence-electron chi connectivity index (χ2n) is 4.45. The number of esters is 1. The Labute approximate surface area is 106 Å². The highest BCUT2D eigenvalue weighted by Crippen LogP contribution is 2.32. The highest BCUT2D eigenvalue weighted by molar-refractivity contribution is 7.89. The Morgan fingerprint density at radius 1 is 1.39 bits per heavy atom. The normalized spacial score (nSPS) is 20.7. The highest BCUT2D eigenvalue weighted by Gasteiger charge is 2.35. The van der Waals surface area contributed by atoms with Gasteiger partial charge >= 0.3 is 5.97 Å². The van der Waals surface area contributed by atoms with E-state index < -0.39 is 22.0 Å². The Kier molecular flexibility index (Phi) is 3.41. The first kappa shape index (κ1) is 13.0. The van der Waals surface area contributed by atoms with Crippen molar-refractivity contribution < 1.29 is 17.9 Å². The third kappa shape index (κ3) is 2.54. The van der Waals surface area contributed by atoms with E-state index >= 15 is 0 Å². The highest BCUT2D eigenvalue weighted by atomic mass is 32.2. The lowest BCUT2D eigenvalue weighted by molar-refractivity contribution is -0.147. The van der Waals surface area contributed by atoms with Crippen LogP contribution in [0.1, 0.15) is 31.9 Å². The number of ether oxygens (including phenoxy) is 1. The van der Waals surface area contributed by atoms with Crippen molar-refractivity contribution in [3.05, 3.63) is 29.8 Å². The molecule has 0 spiro atoms. The quantitative estimate of drug-likeness (QED) is 0.841. The molecule has 0 aliphatic carbocycles. The lowest BCUT2D eigenvalue weighted by atomic mass is 10.1. The second kappa shape index (κ2) is 4.70. The first-order valence-electron chi connectivity index (χ1n) is 5.71. The van der Waals surface area contributed by atoms with Gasteiger partial charge in [-0.25, -0.2) is 13.1 Å². The minimum Gasteiger partial charge on any atom is -0.463 e. The molecule has 1 N–H and O–H groups in total. The SMILES string of the molecule is CC(C)OC(=O)C[C@H]1NS(=O)(=O)c2ccccc21. The fourth-order valence-corrected chi connectivity index (χ4v) is 3.45. The molecule has 98 valence electrons. The van der Waals surface area contributed by atoms with E-state index in [0.29, 0.717) is 5.56 Å². The molecule has 1 aliphatic heterocycles. The van der Waals surface area contributed by atoms with E-state index in [0.717, 1.165) is 0 Å². The minimum absolute atomic E-state index is 0.00836. The summed E-state index contributed by atoms with van der Waals surface area (Å²) in [5.41, 5.74) is 0.623. The van der Waals surface area contributed by atoms with E-state index in [4.69, 9.17) is 4.74 Å². The van der Waals surface area contributed by atoms with Crippen LogP contribution in [-0.4, -0.2) is 20.5 Å². The smallest absolute Gasteiger partial charge is 0.308 e. The van der Waals surface area contributed by atoms with Crippen LogP contribution in [0.2, 0.25) is 0 Å². The summed E-state index contributed by atoms with van der Waals surface area (Å²) in [6.45, 7) is 3.51. The lowest BCUT2D eigenvalue weighted by Crippen LogP contribution is -2.23. The zero-order valence-electron chi connectivity index (χ0n) is 10.2. The van der Waals surface area contributed by atoms with Crippen LogP contribution in [0.3, 0.4) is 0 Å². The van der Waals surface area contributed by atoms with Crippen molar-refractivity contribution in [2.45, 2.75) is 37.3 Å². The van der Waals surface area contributed by atoms with Gasteiger partial charge in [0.25, 0.3) is 0 Å². The third-order valence-corrected chi connectivity index (χ3v) is 4.16. The predicted molar refractivity (Wildman–Crippen MR) is 65.3 cm³/mol. The molecule has 0 saturated carbocycles. The lowest BCUT2D eigenvalue weighted by Gasteiger charge is -2.12. The molecule has 1 heterocycles. The van der Waals surface area contributed by atoms with Gasteiger partial charge in [0.05, 0.1) is 23.5 Å². The maximum atomic E-state index is 11.8. The molecule has 0 fully saturated rings. The molecule has 5 nitrogen and oxygen atoms in total. The molecule has 1 aliphatic rings. The van der Waals surface area contributed by atoms with Gasteiger partial charge in [-0.1, -0.05) is 18.2 Å². The molecule has 0 bridgehead atoms. The molecular weight excluding hydrogens is 254 g/mol. The predicted octanol–water partition coefficient (Wildman–Crippen LogP) is 1.36. The molecule has 0 saturated heterocycles. The standard InChI is InChI=1S/C12H15NO4S/c1-8(2)17-12(14)7-10-9-5-3-4-6-11(9)18(15,16)13-10/h3-6,8,10,13H,7H2,1-2H3/t10-/m1/s1. The molecule has 0 unspecified atom stereocenters. The summed E-state index contributed by atoms with van der Waals surface area (Å²) >= 11 is 0. The molecule has 1 aromatic rings. The van der Waals surface area contributed by atoms with Gasteiger partial charge in [-0.15, -0.1) is 0 Å². The average molecular weight is 269 g/mol. The van der Waals surface area contributed by atoms with Crippen molar-refractivity contribution in [2.24, 2.45) is 0 Å². The van der Waals surface area contributed by atoms with E-state index in [-0.39, 0.29) is 17.4 Å². The summed E-state index contributed by atoms with van der Waals surface area (Å²) < 4.78 is 31.1. The van der Waals surface area contributed by atoms with Crippen molar-refractivity contribution in [1.29, 1.82) is 0 Å². The summed E-state index contributed by atoms with van der Waals surface area (Å²) in [5.74, 6) is -0.408. The maximum absolute atomic E-state index is 11.8. The number of nitrogens with one attached hydrogen (secondary N) is 1. The molecule has 0 radical (unpaired) electrons. The summed E-state index contributed by atoms with van der Waals surface area (Å²) in [6, 6.07) is 6.12. The Hall–Kier alpha value is -1.40. The minimum atomic E-state index is -3.49. The number of sulfonamides is 1. The van der Waals surface area contributed by atoms with Gasteiger partial charge in [-0.2, -0.15) is 0 Å². The van der Waals surface area contributed by atoms with Crippen molar-refractivity contribution in [2.75, 3.05) is 0 Å². The third-order valence-electron chi connectivity index (χ3n) is 2.62. The fourth-order valence-electron chi connectivity index (χ4n) is 1.96. The number of rotatable bonds is 3. The van der Waals surface area contributed by atoms with Gasteiger partial charge < -0.3 is 4.74 Å². The Bertz CT molecular complexity index is 565. The second-order valence-corrected chi connectivity index (χ2v) is 6.14. The van der Waals surface area contributed by atoms with Crippen LogP contribution in [-0.2, 0) is 19.6 Å². The molecule has 1 atom stereocenters. The van der Waals surface area contributed by atoms with Crippen LogP contribution < -0.4 is 4.72 Å². The van der Waals surface area contributed by atoms with Gasteiger partial charge in [-0.05, 0) is 25.5 Å². The van der Waals surface area contributed by atoms with Gasteiger partial charge in [0.15, 0.2) is 0 Å². The summed E-state index contributed by atoms with van der Waals surface area (Å²) in [7, 11) is -3.49. The zero-order chi connectivity index (χ0) is 13.3. The van der Waals surface area contributed by atoms with Gasteiger partial charge in [0.1, 0.15) is 0 Å². The summed E-state index contributed by atoms with van der Waals surface area (Å²) in [6.07, 6.45) is -0.195. The van der Waals surface area contributed by atoms with Crippen LogP contribution >= 0.6 is 0 Å². The summed E-state index contributed by atoms with van der Waals surface area (Å²) in [4.78, 5) is 11.8. The van der Waals surface area contributed by atoms with Crippen molar-refractivity contribution in [1.82, 2.24) is 4.72 Å². The molecular formula is C12H15NO4S. The monoisotopic (exact) mass is 269 g/mol. The van der Waals surface area contributed by atoms with E-state index in [2.05, 4.69) is 4.72 Å². The Morgan fingerprint density at radius 2 is 2.06 bits per heavy atom. The Morgan fingerprint density at radius 3 is 2.72 bits per heavy atom. The van der Waals surface area contributed by atoms with Crippen molar-refractivity contribution in [3.63, 3.8) is 0 Å². The number of benzene rings is 1. The molecule has 0 aromatic heterocycles. The fraction of sp³-hybridized carbons (Fsp3) is 0.417. The number of hydrogen-bond acceptors (Lipinski definition) is 4. The van der Waals surface area contributed by atoms with E-state index in [9.17, 15) is 13.2 Å². The summed E-state index contributed by atoms with van der Waals surface area (Å²) in [5, 5.41) is 0. The number of carbonyl (C=O) groups is 1. The molecule has 0 amide bonds. The van der Waals surface area contributed by atoms with E-state index in [1.165, 1.54) is 6.07 Å². The van der Waals surface area contributed by atoms with Crippen LogP contribution in [0.15, 0.2) is 29.2 Å². The first-order chi connectivity index (χ1) is 8.40. The van der Waals surface area contributed by atoms with Crippen molar-refractivity contribution in [3.8, 4) is 0 Å². The average Bonchev–Trinajstić information content (AvgIpc) is 2.50. The maximum Gasteiger partial charge on any atom is 0.308 e. The number of carbonyl (C=O) groups excluding carboxylic acids is 1. The first-order valence-corrected chi connectivity index (χ1v) is 7.19. The largest absolute Gasteiger partial charge is 0.463 e. The van der Waals surface area contributed by atoms with Gasteiger partial charge in [0.2, 0.25) is 10.0 Å². The van der Waals surface area contributed by atoms with E-state index in [1.807, 2.05) is 0 Å². The van der Waals surface area contributed by atoms with E-state index in [1.54, 1.807) is 32.0 Å². The van der Waals surface area contributed by atoms with Crippen molar-refractivity contribution >= 4 is 16.0 Å². The molecule has 1 aromatic carbocycles. The van der Waals surface area contributed by atoms with Gasteiger partial charge in [-0.3, -0.25) is 4.79 Å². The van der Waals surface area contributed by atoms with Crippen LogP contribution in [0, 0.1) is 0 Å².